The summed E-state index contributed by atoms with van der Waals surface area (Å²) in [6.07, 6.45) is 4.22. The summed E-state index contributed by atoms with van der Waals surface area (Å²) in [7, 11) is -2.61. The van der Waals surface area contributed by atoms with E-state index in [1.807, 2.05) is 0 Å². The van der Waals surface area contributed by atoms with Crippen molar-refractivity contribution in [2.24, 2.45) is 0 Å². The van der Waals surface area contributed by atoms with Crippen molar-refractivity contribution in [2.75, 3.05) is 13.7 Å². The molecular formula is C26H31N3O6S. The molecule has 0 saturated heterocycles. The van der Waals surface area contributed by atoms with Crippen molar-refractivity contribution in [2.45, 2.75) is 62.6 Å². The molecule has 1 atom stereocenters. The molecule has 1 fully saturated rings. The van der Waals surface area contributed by atoms with Crippen LogP contribution >= 0.6 is 0 Å². The minimum Gasteiger partial charge on any atom is -0.497 e. The lowest BCUT2D eigenvalue weighted by Crippen LogP contribution is -2.53. The Balaban J connectivity index is 1.60. The zero-order valence-corrected chi connectivity index (χ0v) is 21.3. The molecule has 2 aliphatic rings. The highest BCUT2D eigenvalue weighted by Gasteiger charge is 2.43. The largest absolute Gasteiger partial charge is 0.497 e. The molecule has 1 N–H and O–H groups in total. The number of nitrogens with one attached hydrogen (secondary N) is 1. The first-order valence-corrected chi connectivity index (χ1v) is 13.6. The first kappa shape index (κ1) is 25.7. The van der Waals surface area contributed by atoms with Crippen LogP contribution in [0.4, 0.5) is 0 Å². The molecule has 0 radical (unpaired) electrons. The third kappa shape index (κ3) is 5.09. The van der Waals surface area contributed by atoms with Crippen LogP contribution in [0.15, 0.2) is 53.4 Å². The summed E-state index contributed by atoms with van der Waals surface area (Å²) >= 11 is 0. The Morgan fingerprint density at radius 3 is 2.39 bits per heavy atom. The van der Waals surface area contributed by atoms with Crippen molar-refractivity contribution in [1.82, 2.24) is 14.5 Å². The van der Waals surface area contributed by atoms with Crippen LogP contribution < -0.4 is 10.1 Å². The van der Waals surface area contributed by atoms with Gasteiger partial charge in [-0.15, -0.1) is 0 Å². The SMILES string of the molecule is CC[C@H](C(=O)NC1CCCC1)N(Cc1ccc(OC)cc1)C(=O)CN1C(=O)c2ccccc2S1(=O)=O. The molecule has 10 heteroatoms. The molecule has 3 amide bonds. The quantitative estimate of drug-likeness (QED) is 0.552. The molecule has 2 aromatic rings. The number of hydrogen-bond donors (Lipinski definition) is 1. The molecule has 1 aliphatic heterocycles. The molecule has 192 valence electrons. The molecule has 36 heavy (non-hydrogen) atoms. The predicted molar refractivity (Wildman–Crippen MR) is 133 cm³/mol. The van der Waals surface area contributed by atoms with Gasteiger partial charge in [-0.1, -0.05) is 44.0 Å². The van der Waals surface area contributed by atoms with Gasteiger partial charge >= 0.3 is 0 Å². The standard InChI is InChI=1S/C26H31N3O6S/c1-3-22(25(31)27-19-8-4-5-9-19)28(16-18-12-14-20(35-2)15-13-18)24(30)17-29-26(32)21-10-6-7-11-23(21)36(29,33)34/h6-7,10-15,19,22H,3-5,8-9,16-17H2,1-2H3,(H,27,31)/t22-/m1/s1. The van der Waals surface area contributed by atoms with Gasteiger partial charge in [0.2, 0.25) is 11.8 Å². The van der Waals surface area contributed by atoms with E-state index in [4.69, 9.17) is 4.74 Å². The molecule has 0 unspecified atom stereocenters. The first-order chi connectivity index (χ1) is 17.3. The number of carbonyl (C=O) groups is 3. The number of benzene rings is 2. The number of sulfonamides is 1. The van der Waals surface area contributed by atoms with Gasteiger partial charge in [0.25, 0.3) is 15.9 Å². The third-order valence-electron chi connectivity index (χ3n) is 6.79. The number of carbonyl (C=O) groups excluding carboxylic acids is 3. The Morgan fingerprint density at radius 1 is 1.11 bits per heavy atom. The molecule has 9 nitrogen and oxygen atoms in total. The Labute approximate surface area is 211 Å². The van der Waals surface area contributed by atoms with Crippen molar-refractivity contribution >= 4 is 27.7 Å². The molecule has 1 saturated carbocycles. The van der Waals surface area contributed by atoms with Crippen LogP contribution in [0.5, 0.6) is 5.75 Å². The van der Waals surface area contributed by atoms with E-state index < -0.39 is 34.4 Å². The summed E-state index contributed by atoms with van der Waals surface area (Å²) in [5.41, 5.74) is 0.785. The van der Waals surface area contributed by atoms with Gasteiger partial charge in [-0.3, -0.25) is 14.4 Å². The number of fused-ring (bicyclic) bond motifs is 1. The zero-order chi connectivity index (χ0) is 25.9. The van der Waals surface area contributed by atoms with Crippen LogP contribution in [0.1, 0.15) is 54.9 Å². The van der Waals surface area contributed by atoms with Gasteiger partial charge in [0.15, 0.2) is 0 Å². The van der Waals surface area contributed by atoms with Crippen LogP contribution in [0.3, 0.4) is 0 Å². The lowest BCUT2D eigenvalue weighted by Gasteiger charge is -2.32. The smallest absolute Gasteiger partial charge is 0.269 e. The summed E-state index contributed by atoms with van der Waals surface area (Å²) in [4.78, 5) is 41.0. The third-order valence-corrected chi connectivity index (χ3v) is 8.58. The van der Waals surface area contributed by atoms with E-state index in [9.17, 15) is 22.8 Å². The molecule has 4 rings (SSSR count). The van der Waals surface area contributed by atoms with E-state index in [1.165, 1.54) is 23.1 Å². The highest BCUT2D eigenvalue weighted by atomic mass is 32.2. The van der Waals surface area contributed by atoms with Crippen LogP contribution in [-0.2, 0) is 26.2 Å². The van der Waals surface area contributed by atoms with Crippen LogP contribution in [-0.4, -0.2) is 61.1 Å². The van der Waals surface area contributed by atoms with Gasteiger partial charge in [-0.25, -0.2) is 12.7 Å². The Hall–Kier alpha value is -3.40. The van der Waals surface area contributed by atoms with Crippen molar-refractivity contribution in [1.29, 1.82) is 0 Å². The van der Waals surface area contributed by atoms with Crippen molar-refractivity contribution in [3.05, 3.63) is 59.7 Å². The fourth-order valence-electron chi connectivity index (χ4n) is 4.82. The topological polar surface area (TPSA) is 113 Å². The van der Waals surface area contributed by atoms with Crippen molar-refractivity contribution < 1.29 is 27.5 Å². The fraction of sp³-hybridized carbons (Fsp3) is 0.423. The molecule has 1 heterocycles. The molecule has 1 aliphatic carbocycles. The highest BCUT2D eigenvalue weighted by molar-refractivity contribution is 7.90. The number of amides is 3. The van der Waals surface area contributed by atoms with E-state index >= 15 is 0 Å². The molecular weight excluding hydrogens is 482 g/mol. The first-order valence-electron chi connectivity index (χ1n) is 12.1. The van der Waals surface area contributed by atoms with Crippen LogP contribution in [0.25, 0.3) is 0 Å². The molecule has 2 aromatic carbocycles. The second kappa shape index (κ2) is 10.7. The lowest BCUT2D eigenvalue weighted by molar-refractivity contribution is -0.141. The summed E-state index contributed by atoms with van der Waals surface area (Å²) in [6.45, 7) is 1.20. The number of methoxy groups -OCH3 is 1. The summed E-state index contributed by atoms with van der Waals surface area (Å²) in [5, 5.41) is 3.05. The average Bonchev–Trinajstić information content (AvgIpc) is 3.45. The number of rotatable bonds is 9. The average molecular weight is 514 g/mol. The normalized spacial score (nSPS) is 17.5. The van der Waals surface area contributed by atoms with Crippen molar-refractivity contribution in [3.63, 3.8) is 0 Å². The van der Waals surface area contributed by atoms with E-state index in [0.717, 1.165) is 31.2 Å². The second-order valence-electron chi connectivity index (χ2n) is 9.10. The number of ether oxygens (including phenoxy) is 1. The maximum atomic E-state index is 13.6. The van der Waals surface area contributed by atoms with Crippen molar-refractivity contribution in [3.8, 4) is 5.75 Å². The Bertz CT molecular complexity index is 1240. The van der Waals surface area contributed by atoms with Gasteiger partial charge in [0.05, 0.1) is 12.7 Å². The molecule has 0 spiro atoms. The van der Waals surface area contributed by atoms with E-state index in [2.05, 4.69) is 5.32 Å². The van der Waals surface area contributed by atoms with Gasteiger partial charge in [-0.2, -0.15) is 0 Å². The van der Waals surface area contributed by atoms with E-state index in [-0.39, 0.29) is 29.0 Å². The zero-order valence-electron chi connectivity index (χ0n) is 20.5. The summed E-state index contributed by atoms with van der Waals surface area (Å²) in [5.74, 6) is -0.991. The predicted octanol–water partition coefficient (Wildman–Crippen LogP) is 2.71. The van der Waals surface area contributed by atoms with Gasteiger partial charge in [-0.05, 0) is 49.1 Å². The molecule has 0 aromatic heterocycles. The van der Waals surface area contributed by atoms with E-state index in [1.54, 1.807) is 44.4 Å². The minimum atomic E-state index is -4.16. The number of nitrogens with zero attached hydrogens (tertiary/aromatic N) is 2. The van der Waals surface area contributed by atoms with Gasteiger partial charge < -0.3 is 15.0 Å². The Kier molecular flexibility index (Phi) is 7.63. The van der Waals surface area contributed by atoms with Gasteiger partial charge in [0.1, 0.15) is 23.2 Å². The Morgan fingerprint density at radius 2 is 1.78 bits per heavy atom. The van der Waals surface area contributed by atoms with Crippen LogP contribution in [0.2, 0.25) is 0 Å². The molecule has 0 bridgehead atoms. The van der Waals surface area contributed by atoms with Crippen LogP contribution in [0, 0.1) is 0 Å². The van der Waals surface area contributed by atoms with Gasteiger partial charge in [0, 0.05) is 12.6 Å². The fourth-order valence-corrected chi connectivity index (χ4v) is 6.33. The number of hydrogen-bond acceptors (Lipinski definition) is 6. The minimum absolute atomic E-state index is 0.0398. The maximum Gasteiger partial charge on any atom is 0.269 e. The second-order valence-corrected chi connectivity index (χ2v) is 10.9. The lowest BCUT2D eigenvalue weighted by atomic mass is 10.1. The monoisotopic (exact) mass is 513 g/mol. The highest BCUT2D eigenvalue weighted by Crippen LogP contribution is 2.30. The summed E-state index contributed by atoms with van der Waals surface area (Å²) in [6, 6.07) is 12.2. The van der Waals surface area contributed by atoms with E-state index in [0.29, 0.717) is 16.5 Å². The summed E-state index contributed by atoms with van der Waals surface area (Å²) < 4.78 is 31.9. The maximum absolute atomic E-state index is 13.6.